The summed E-state index contributed by atoms with van der Waals surface area (Å²) in [6.45, 7) is 6.89. The Morgan fingerprint density at radius 2 is 2.00 bits per heavy atom. The van der Waals surface area contributed by atoms with Crippen molar-refractivity contribution in [1.82, 2.24) is 9.97 Å². The molecule has 102 valence electrons. The molecule has 7 nitrogen and oxygen atoms in total. The molecule has 0 saturated heterocycles. The number of aromatic amines is 1. The molecule has 0 aromatic carbocycles. The largest absolute Gasteiger partial charge is 0.461 e. The number of anilines is 1. The van der Waals surface area contributed by atoms with E-state index in [9.17, 15) is 4.79 Å². The maximum Gasteiger partial charge on any atom is 0.356 e. The molecule has 1 aromatic rings. The average Bonchev–Trinajstić information content (AvgIpc) is 2.78. The summed E-state index contributed by atoms with van der Waals surface area (Å²) in [5, 5.41) is 2.94. The Hall–Kier alpha value is -1.17. The van der Waals surface area contributed by atoms with Crippen LogP contribution in [0, 0.1) is 0 Å². The zero-order chi connectivity index (χ0) is 13.4. The van der Waals surface area contributed by atoms with Gasteiger partial charge in [0.25, 0.3) is 8.53 Å². The van der Waals surface area contributed by atoms with Gasteiger partial charge in [0.2, 0.25) is 5.95 Å². The van der Waals surface area contributed by atoms with E-state index in [0.717, 1.165) is 0 Å². The molecule has 0 radical (unpaired) electrons. The van der Waals surface area contributed by atoms with E-state index in [1.165, 1.54) is 6.20 Å². The first-order valence-corrected chi connectivity index (χ1v) is 6.93. The van der Waals surface area contributed by atoms with Gasteiger partial charge in [-0.1, -0.05) is 0 Å². The van der Waals surface area contributed by atoms with E-state index in [-0.39, 0.29) is 0 Å². The number of hydrogen-bond acceptors (Lipinski definition) is 6. The summed E-state index contributed by atoms with van der Waals surface area (Å²) in [5.41, 5.74) is 0.294. The van der Waals surface area contributed by atoms with E-state index >= 15 is 0 Å². The molecule has 8 heteroatoms. The summed E-state index contributed by atoms with van der Waals surface area (Å²) in [4.78, 5) is 18.2. The molecule has 1 aromatic heterocycles. The van der Waals surface area contributed by atoms with Crippen LogP contribution in [0.4, 0.5) is 5.95 Å². The van der Waals surface area contributed by atoms with Crippen molar-refractivity contribution in [3.05, 3.63) is 11.9 Å². The first-order chi connectivity index (χ1) is 8.71. The van der Waals surface area contributed by atoms with E-state index in [1.807, 2.05) is 13.8 Å². The van der Waals surface area contributed by atoms with Gasteiger partial charge in [0.1, 0.15) is 5.69 Å². The first kappa shape index (κ1) is 14.9. The molecular weight excluding hydrogens is 257 g/mol. The van der Waals surface area contributed by atoms with E-state index in [4.69, 9.17) is 13.8 Å². The van der Waals surface area contributed by atoms with Crippen LogP contribution in [0.2, 0.25) is 0 Å². The molecule has 2 N–H and O–H groups in total. The average molecular weight is 275 g/mol. The van der Waals surface area contributed by atoms with E-state index in [0.29, 0.717) is 31.5 Å². The van der Waals surface area contributed by atoms with Gasteiger partial charge in [0.05, 0.1) is 26.0 Å². The van der Waals surface area contributed by atoms with Crippen LogP contribution in [0.5, 0.6) is 0 Å². The van der Waals surface area contributed by atoms with Crippen LogP contribution in [0.1, 0.15) is 31.3 Å². The highest BCUT2D eigenvalue weighted by Crippen LogP contribution is 2.37. The number of imidazole rings is 1. The molecule has 0 amide bonds. The number of carbonyl (C=O) groups is 1. The van der Waals surface area contributed by atoms with Gasteiger partial charge >= 0.3 is 5.97 Å². The SMILES string of the molecule is CCOC(=O)c1cnc(NP(OCC)OCC)[nH]1. The number of H-pyrrole nitrogens is 1. The Morgan fingerprint density at radius 3 is 2.56 bits per heavy atom. The molecular formula is C10H18N3O4P. The quantitative estimate of drug-likeness (QED) is 0.559. The lowest BCUT2D eigenvalue weighted by molar-refractivity contribution is 0.0520. The third-order valence-electron chi connectivity index (χ3n) is 1.76. The summed E-state index contributed by atoms with van der Waals surface area (Å²) in [5.74, 6) is -0.0127. The van der Waals surface area contributed by atoms with Gasteiger partial charge in [-0.05, 0) is 20.8 Å². The summed E-state index contributed by atoms with van der Waals surface area (Å²) in [6, 6.07) is 0. The van der Waals surface area contributed by atoms with E-state index < -0.39 is 14.5 Å². The maximum absolute atomic E-state index is 11.4. The number of rotatable bonds is 8. The lowest BCUT2D eigenvalue weighted by Gasteiger charge is -2.15. The molecule has 0 bridgehead atoms. The fourth-order valence-corrected chi connectivity index (χ4v) is 2.07. The van der Waals surface area contributed by atoms with Crippen LogP contribution in [-0.2, 0) is 13.8 Å². The second-order valence-electron chi connectivity index (χ2n) is 3.07. The molecule has 0 saturated carbocycles. The minimum Gasteiger partial charge on any atom is -0.461 e. The second kappa shape index (κ2) is 8.02. The molecule has 0 aliphatic heterocycles. The van der Waals surface area contributed by atoms with Crippen molar-refractivity contribution >= 4 is 20.4 Å². The lowest BCUT2D eigenvalue weighted by Crippen LogP contribution is -2.05. The van der Waals surface area contributed by atoms with Crippen LogP contribution in [0.3, 0.4) is 0 Å². The highest BCUT2D eigenvalue weighted by Gasteiger charge is 2.14. The van der Waals surface area contributed by atoms with Crippen LogP contribution in [0.15, 0.2) is 6.20 Å². The molecule has 1 rings (SSSR count). The van der Waals surface area contributed by atoms with Crippen molar-refractivity contribution in [2.24, 2.45) is 0 Å². The van der Waals surface area contributed by atoms with Gasteiger partial charge in [0.15, 0.2) is 0 Å². The Kier molecular flexibility index (Phi) is 6.64. The van der Waals surface area contributed by atoms with Crippen molar-refractivity contribution in [3.8, 4) is 0 Å². The molecule has 0 fully saturated rings. The van der Waals surface area contributed by atoms with Crippen molar-refractivity contribution < 1.29 is 18.6 Å². The third-order valence-corrected chi connectivity index (χ3v) is 3.14. The zero-order valence-corrected chi connectivity index (χ0v) is 11.6. The van der Waals surface area contributed by atoms with Crippen molar-refractivity contribution in [2.75, 3.05) is 24.9 Å². The number of nitrogens with one attached hydrogen (secondary N) is 2. The fraction of sp³-hybridized carbons (Fsp3) is 0.600. The minimum atomic E-state index is -1.25. The summed E-state index contributed by atoms with van der Waals surface area (Å²) < 4.78 is 15.6. The van der Waals surface area contributed by atoms with Crippen molar-refractivity contribution in [1.29, 1.82) is 0 Å². The number of hydrogen-bond donors (Lipinski definition) is 2. The summed E-state index contributed by atoms with van der Waals surface area (Å²) >= 11 is 0. The minimum absolute atomic E-state index is 0.294. The summed E-state index contributed by atoms with van der Waals surface area (Å²) in [6.07, 6.45) is 1.41. The highest BCUT2D eigenvalue weighted by atomic mass is 31.2. The van der Waals surface area contributed by atoms with Crippen LogP contribution >= 0.6 is 8.53 Å². The predicted octanol–water partition coefficient (Wildman–Crippen LogP) is 2.30. The van der Waals surface area contributed by atoms with Crippen LogP contribution in [-0.4, -0.2) is 35.8 Å². The topological polar surface area (TPSA) is 85.5 Å². The van der Waals surface area contributed by atoms with Crippen molar-refractivity contribution in [3.63, 3.8) is 0 Å². The van der Waals surface area contributed by atoms with Gasteiger partial charge in [-0.15, -0.1) is 0 Å². The van der Waals surface area contributed by atoms with Gasteiger partial charge < -0.3 is 18.8 Å². The normalized spacial score (nSPS) is 10.7. The maximum atomic E-state index is 11.4. The van der Waals surface area contributed by atoms with Gasteiger partial charge in [-0.2, -0.15) is 0 Å². The molecule has 18 heavy (non-hydrogen) atoms. The zero-order valence-electron chi connectivity index (χ0n) is 10.7. The van der Waals surface area contributed by atoms with E-state index in [2.05, 4.69) is 15.1 Å². The first-order valence-electron chi connectivity index (χ1n) is 5.75. The number of carbonyl (C=O) groups excluding carboxylic acids is 1. The van der Waals surface area contributed by atoms with Gasteiger partial charge in [-0.3, -0.25) is 5.09 Å². The number of nitrogens with zero attached hydrogens (tertiary/aromatic N) is 1. The fourth-order valence-electron chi connectivity index (χ4n) is 1.11. The number of ether oxygens (including phenoxy) is 1. The Labute approximate surface area is 107 Å². The molecule has 0 aliphatic rings. The number of aromatic nitrogens is 2. The summed E-state index contributed by atoms with van der Waals surface area (Å²) in [7, 11) is -1.25. The third kappa shape index (κ3) is 4.60. The molecule has 0 unspecified atom stereocenters. The highest BCUT2D eigenvalue weighted by molar-refractivity contribution is 7.48. The monoisotopic (exact) mass is 275 g/mol. The smallest absolute Gasteiger partial charge is 0.356 e. The Balaban J connectivity index is 2.58. The molecule has 0 aliphatic carbocycles. The molecule has 0 spiro atoms. The standard InChI is InChI=1S/C10H18N3O4P/c1-4-15-9(14)8-7-11-10(12-8)13-18(16-5-2)17-6-3/h7H,4-6H2,1-3H3,(H2,11,12,13). The van der Waals surface area contributed by atoms with Gasteiger partial charge in [-0.25, -0.2) is 9.78 Å². The van der Waals surface area contributed by atoms with Gasteiger partial charge in [0, 0.05) is 0 Å². The molecule has 1 heterocycles. The molecule has 0 atom stereocenters. The van der Waals surface area contributed by atoms with E-state index in [1.54, 1.807) is 6.92 Å². The number of esters is 1. The Bertz CT molecular complexity index is 366. The predicted molar refractivity (Wildman–Crippen MR) is 68.3 cm³/mol. The van der Waals surface area contributed by atoms with Crippen LogP contribution < -0.4 is 5.09 Å². The second-order valence-corrected chi connectivity index (χ2v) is 4.32. The lowest BCUT2D eigenvalue weighted by atomic mass is 10.5. The van der Waals surface area contributed by atoms with Crippen LogP contribution in [0.25, 0.3) is 0 Å². The Morgan fingerprint density at radius 1 is 1.33 bits per heavy atom. The van der Waals surface area contributed by atoms with Crippen molar-refractivity contribution in [2.45, 2.75) is 20.8 Å².